The fourth-order valence-corrected chi connectivity index (χ4v) is 3.64. The summed E-state index contributed by atoms with van der Waals surface area (Å²) in [7, 11) is 3.89. The van der Waals surface area contributed by atoms with E-state index in [1.165, 1.54) is 0 Å². The van der Waals surface area contributed by atoms with Crippen molar-refractivity contribution in [3.63, 3.8) is 0 Å². The number of halogens is 3. The second-order valence-electron chi connectivity index (χ2n) is 8.07. The Balaban J connectivity index is 1.54. The number of rotatable bonds is 5. The lowest BCUT2D eigenvalue weighted by Crippen LogP contribution is -2.40. The summed E-state index contributed by atoms with van der Waals surface area (Å²) in [5, 5.41) is 6.28. The minimum absolute atomic E-state index is 0.0362. The molecule has 0 radical (unpaired) electrons. The van der Waals surface area contributed by atoms with Crippen molar-refractivity contribution in [2.45, 2.75) is 57.8 Å². The molecular weight excluding hydrogens is 409 g/mol. The van der Waals surface area contributed by atoms with Crippen molar-refractivity contribution in [1.29, 1.82) is 0 Å². The first-order valence-electron chi connectivity index (χ1n) is 10.2. The molecule has 1 saturated carbocycles. The van der Waals surface area contributed by atoms with Crippen LogP contribution in [0.25, 0.3) is 0 Å². The summed E-state index contributed by atoms with van der Waals surface area (Å²) < 4.78 is 37.8. The standard InChI is InChI=1S/C21H27F3N6O/c1-12-13(2)26-20(29-18(12)30(3)4)28-16-8-6-15(7-9-16)27-19(31)14-5-10-17(25-11-14)21(22,23)24/h5,10-11,15-16H,6-9H2,1-4H3,(H,27,31)(H,26,28,29)/t15-,16+. The minimum Gasteiger partial charge on any atom is -0.362 e. The number of hydrogen-bond acceptors (Lipinski definition) is 6. The second kappa shape index (κ2) is 9.07. The maximum atomic E-state index is 12.6. The third-order valence-electron chi connectivity index (χ3n) is 5.50. The highest BCUT2D eigenvalue weighted by Crippen LogP contribution is 2.27. The number of nitrogens with one attached hydrogen (secondary N) is 2. The van der Waals surface area contributed by atoms with E-state index >= 15 is 0 Å². The van der Waals surface area contributed by atoms with Crippen molar-refractivity contribution in [3.8, 4) is 0 Å². The van der Waals surface area contributed by atoms with Crippen LogP contribution in [-0.2, 0) is 6.18 Å². The number of nitrogens with zero attached hydrogens (tertiary/aromatic N) is 4. The van der Waals surface area contributed by atoms with Gasteiger partial charge in [0.2, 0.25) is 5.95 Å². The zero-order chi connectivity index (χ0) is 22.8. The van der Waals surface area contributed by atoms with Gasteiger partial charge in [-0.05, 0) is 51.7 Å². The molecule has 0 saturated heterocycles. The van der Waals surface area contributed by atoms with Crippen LogP contribution in [0.15, 0.2) is 18.3 Å². The van der Waals surface area contributed by atoms with E-state index in [-0.39, 0.29) is 17.6 Å². The van der Waals surface area contributed by atoms with Crippen LogP contribution in [0.4, 0.5) is 24.9 Å². The summed E-state index contributed by atoms with van der Waals surface area (Å²) in [6.07, 6.45) is -0.405. The molecule has 0 aromatic carbocycles. The molecule has 0 aliphatic heterocycles. The lowest BCUT2D eigenvalue weighted by molar-refractivity contribution is -0.141. The van der Waals surface area contributed by atoms with Crippen molar-refractivity contribution in [3.05, 3.63) is 40.8 Å². The van der Waals surface area contributed by atoms with Crippen LogP contribution in [0.1, 0.15) is 53.0 Å². The van der Waals surface area contributed by atoms with Crippen LogP contribution in [0.3, 0.4) is 0 Å². The van der Waals surface area contributed by atoms with Crippen molar-refractivity contribution in [1.82, 2.24) is 20.3 Å². The Hall–Kier alpha value is -2.91. The lowest BCUT2D eigenvalue weighted by Gasteiger charge is -2.30. The third-order valence-corrected chi connectivity index (χ3v) is 5.50. The maximum Gasteiger partial charge on any atom is 0.433 e. The summed E-state index contributed by atoms with van der Waals surface area (Å²) >= 11 is 0. The first-order chi connectivity index (χ1) is 14.5. The second-order valence-corrected chi connectivity index (χ2v) is 8.07. The van der Waals surface area contributed by atoms with Crippen LogP contribution in [0, 0.1) is 13.8 Å². The molecule has 2 heterocycles. The summed E-state index contributed by atoms with van der Waals surface area (Å²) in [6, 6.07) is 2.13. The van der Waals surface area contributed by atoms with Gasteiger partial charge in [-0.1, -0.05) is 0 Å². The van der Waals surface area contributed by atoms with E-state index in [0.717, 1.165) is 61.1 Å². The molecule has 1 aliphatic carbocycles. The number of amides is 1. The van der Waals surface area contributed by atoms with E-state index in [2.05, 4.69) is 25.6 Å². The Kier molecular flexibility index (Phi) is 6.66. The normalized spacial score (nSPS) is 19.1. The predicted octanol–water partition coefficient (Wildman–Crippen LogP) is 3.73. The van der Waals surface area contributed by atoms with E-state index in [1.807, 2.05) is 32.8 Å². The molecule has 0 spiro atoms. The molecule has 0 unspecified atom stereocenters. The zero-order valence-corrected chi connectivity index (χ0v) is 18.0. The summed E-state index contributed by atoms with van der Waals surface area (Å²) in [4.78, 5) is 26.8. The highest BCUT2D eigenvalue weighted by Gasteiger charge is 2.32. The monoisotopic (exact) mass is 436 g/mol. The summed E-state index contributed by atoms with van der Waals surface area (Å²) in [5.74, 6) is 1.06. The molecule has 31 heavy (non-hydrogen) atoms. The Morgan fingerprint density at radius 1 is 1.06 bits per heavy atom. The molecule has 2 aromatic heterocycles. The fraction of sp³-hybridized carbons (Fsp3) is 0.524. The number of carbonyl (C=O) groups is 1. The number of alkyl halides is 3. The van der Waals surface area contributed by atoms with Crippen LogP contribution >= 0.6 is 0 Å². The number of aryl methyl sites for hydroxylation is 1. The number of hydrogen-bond donors (Lipinski definition) is 2. The zero-order valence-electron chi connectivity index (χ0n) is 18.0. The molecule has 168 valence electrons. The van der Waals surface area contributed by atoms with Crippen LogP contribution in [-0.4, -0.2) is 47.0 Å². The van der Waals surface area contributed by atoms with E-state index in [0.29, 0.717) is 5.95 Å². The quantitative estimate of drug-likeness (QED) is 0.743. The molecule has 1 amide bonds. The van der Waals surface area contributed by atoms with Crippen molar-refractivity contribution in [2.75, 3.05) is 24.3 Å². The van der Waals surface area contributed by atoms with Gasteiger partial charge in [0, 0.05) is 43.6 Å². The molecule has 2 aromatic rings. The van der Waals surface area contributed by atoms with Gasteiger partial charge in [-0.25, -0.2) is 4.98 Å². The number of aromatic nitrogens is 3. The van der Waals surface area contributed by atoms with E-state index < -0.39 is 17.8 Å². The molecule has 2 N–H and O–H groups in total. The molecule has 1 fully saturated rings. The van der Waals surface area contributed by atoms with Gasteiger partial charge in [0.05, 0.1) is 5.56 Å². The third kappa shape index (κ3) is 5.62. The number of carbonyl (C=O) groups excluding carboxylic acids is 1. The molecule has 10 heteroatoms. The van der Waals surface area contributed by atoms with Gasteiger partial charge >= 0.3 is 6.18 Å². The Morgan fingerprint density at radius 3 is 2.26 bits per heavy atom. The first kappa shape index (κ1) is 22.8. The van der Waals surface area contributed by atoms with Crippen molar-refractivity contribution in [2.24, 2.45) is 0 Å². The molecular formula is C21H27F3N6O. The highest BCUT2D eigenvalue weighted by atomic mass is 19.4. The van der Waals surface area contributed by atoms with Gasteiger partial charge < -0.3 is 15.5 Å². The minimum atomic E-state index is -4.52. The molecule has 3 rings (SSSR count). The van der Waals surface area contributed by atoms with Crippen LogP contribution in [0.5, 0.6) is 0 Å². The van der Waals surface area contributed by atoms with Gasteiger partial charge in [-0.15, -0.1) is 0 Å². The highest BCUT2D eigenvalue weighted by molar-refractivity contribution is 5.94. The average molecular weight is 436 g/mol. The number of pyridine rings is 1. The van der Waals surface area contributed by atoms with Crippen LogP contribution in [0.2, 0.25) is 0 Å². The molecule has 1 aliphatic rings. The van der Waals surface area contributed by atoms with E-state index in [9.17, 15) is 18.0 Å². The van der Waals surface area contributed by atoms with Crippen molar-refractivity contribution >= 4 is 17.7 Å². The Morgan fingerprint density at radius 2 is 1.71 bits per heavy atom. The van der Waals surface area contributed by atoms with Gasteiger partial charge in [-0.3, -0.25) is 9.78 Å². The SMILES string of the molecule is Cc1nc(N[C@H]2CC[C@@H](NC(=O)c3ccc(C(F)(F)F)nc3)CC2)nc(N(C)C)c1C. The maximum absolute atomic E-state index is 12.6. The molecule has 7 nitrogen and oxygen atoms in total. The summed E-state index contributed by atoms with van der Waals surface area (Å²) in [6.45, 7) is 3.95. The lowest BCUT2D eigenvalue weighted by atomic mass is 9.91. The Bertz CT molecular complexity index is 922. The van der Waals surface area contributed by atoms with E-state index in [1.54, 1.807) is 0 Å². The first-order valence-corrected chi connectivity index (χ1v) is 10.2. The van der Waals surface area contributed by atoms with Gasteiger partial charge in [-0.2, -0.15) is 18.2 Å². The van der Waals surface area contributed by atoms with E-state index in [4.69, 9.17) is 0 Å². The number of anilines is 2. The predicted molar refractivity (Wildman–Crippen MR) is 112 cm³/mol. The molecule has 0 bridgehead atoms. The average Bonchev–Trinajstić information content (AvgIpc) is 2.71. The fourth-order valence-electron chi connectivity index (χ4n) is 3.64. The van der Waals surface area contributed by atoms with Gasteiger partial charge in [0.1, 0.15) is 11.5 Å². The van der Waals surface area contributed by atoms with Crippen molar-refractivity contribution < 1.29 is 18.0 Å². The largest absolute Gasteiger partial charge is 0.433 e. The molecule has 0 atom stereocenters. The summed E-state index contributed by atoms with van der Waals surface area (Å²) in [5.41, 5.74) is 1.07. The Labute approximate surface area is 179 Å². The smallest absolute Gasteiger partial charge is 0.362 e. The van der Waals surface area contributed by atoms with Crippen LogP contribution < -0.4 is 15.5 Å². The topological polar surface area (TPSA) is 83.0 Å². The van der Waals surface area contributed by atoms with Gasteiger partial charge in [0.15, 0.2) is 0 Å². The van der Waals surface area contributed by atoms with Gasteiger partial charge in [0.25, 0.3) is 5.91 Å².